The molecule has 5 atom stereocenters. The van der Waals surface area contributed by atoms with Crippen LogP contribution in [0.4, 0.5) is 5.69 Å². The number of rotatable bonds is 4. The van der Waals surface area contributed by atoms with Crippen LogP contribution in [0.2, 0.25) is 0 Å². The number of hydrogen-bond donors (Lipinski definition) is 1. The Labute approximate surface area is 210 Å². The molecule has 1 aromatic carbocycles. The highest BCUT2D eigenvalue weighted by atomic mass is 32.2. The molecular formula is C27H32N2O5S. The Hall–Kier alpha value is -2.58. The van der Waals surface area contributed by atoms with Crippen molar-refractivity contribution < 1.29 is 24.2 Å². The van der Waals surface area contributed by atoms with E-state index in [1.807, 2.05) is 50.3 Å². The fourth-order valence-electron chi connectivity index (χ4n) is 6.17. The molecule has 2 amide bonds. The first-order valence-corrected chi connectivity index (χ1v) is 13.3. The van der Waals surface area contributed by atoms with Crippen LogP contribution in [-0.4, -0.2) is 70.1 Å². The SMILES string of the molecule is Cc1cccc(C)c1N1CC=C[C@]23S[C@H]4/C=C\CCCOC(=O)[C@H]4[C@H]2C(=O)N(CCCO)C3C1=O. The van der Waals surface area contributed by atoms with Crippen LogP contribution in [-0.2, 0) is 19.1 Å². The van der Waals surface area contributed by atoms with Gasteiger partial charge in [-0.05, 0) is 44.2 Å². The normalized spacial score (nSPS) is 33.3. The van der Waals surface area contributed by atoms with Crippen molar-refractivity contribution in [3.05, 3.63) is 53.6 Å². The molecule has 0 radical (unpaired) electrons. The van der Waals surface area contributed by atoms with E-state index in [0.29, 0.717) is 19.6 Å². The summed E-state index contributed by atoms with van der Waals surface area (Å²) in [6.45, 7) is 4.89. The topological polar surface area (TPSA) is 87.2 Å². The molecule has 4 heterocycles. The number of carbonyl (C=O) groups is 3. The molecule has 2 fully saturated rings. The van der Waals surface area contributed by atoms with Gasteiger partial charge < -0.3 is 19.6 Å². The van der Waals surface area contributed by atoms with Gasteiger partial charge in [-0.1, -0.05) is 42.5 Å². The number of amides is 2. The van der Waals surface area contributed by atoms with Gasteiger partial charge in [0.2, 0.25) is 5.91 Å². The van der Waals surface area contributed by atoms with Crippen molar-refractivity contribution in [1.29, 1.82) is 0 Å². The Morgan fingerprint density at radius 3 is 2.66 bits per heavy atom. The van der Waals surface area contributed by atoms with Crippen LogP contribution < -0.4 is 4.90 Å². The zero-order valence-electron chi connectivity index (χ0n) is 20.2. The molecule has 8 heteroatoms. The summed E-state index contributed by atoms with van der Waals surface area (Å²) in [7, 11) is 0. The summed E-state index contributed by atoms with van der Waals surface area (Å²) >= 11 is 1.55. The third kappa shape index (κ3) is 3.82. The molecule has 186 valence electrons. The summed E-state index contributed by atoms with van der Waals surface area (Å²) < 4.78 is 4.72. The van der Waals surface area contributed by atoms with Gasteiger partial charge >= 0.3 is 5.97 Å². The fourth-order valence-corrected chi connectivity index (χ4v) is 8.17. The van der Waals surface area contributed by atoms with Crippen molar-refractivity contribution in [3.8, 4) is 0 Å². The van der Waals surface area contributed by atoms with Crippen molar-refractivity contribution in [1.82, 2.24) is 4.90 Å². The summed E-state index contributed by atoms with van der Waals surface area (Å²) in [4.78, 5) is 44.9. The Balaban J connectivity index is 1.63. The number of aliphatic hydroxyl groups is 1. The number of thioether (sulfide) groups is 1. The molecule has 0 saturated carbocycles. The van der Waals surface area contributed by atoms with Gasteiger partial charge in [0.25, 0.3) is 5.91 Å². The van der Waals surface area contributed by atoms with Gasteiger partial charge in [0, 0.05) is 30.6 Å². The van der Waals surface area contributed by atoms with E-state index in [4.69, 9.17) is 4.74 Å². The third-order valence-corrected chi connectivity index (χ3v) is 9.36. The average molecular weight is 497 g/mol. The first kappa shape index (κ1) is 24.1. The Morgan fingerprint density at radius 1 is 1.14 bits per heavy atom. The van der Waals surface area contributed by atoms with Crippen molar-refractivity contribution in [2.75, 3.05) is 31.2 Å². The molecular weight excluding hydrogens is 464 g/mol. The largest absolute Gasteiger partial charge is 0.465 e. The Kier molecular flexibility index (Phi) is 6.53. The molecule has 0 aromatic heterocycles. The number of benzene rings is 1. The second kappa shape index (κ2) is 9.47. The quantitative estimate of drug-likeness (QED) is 0.510. The lowest BCUT2D eigenvalue weighted by Gasteiger charge is -2.36. The third-order valence-electron chi connectivity index (χ3n) is 7.62. The summed E-state index contributed by atoms with van der Waals surface area (Å²) in [6, 6.07) is 5.19. The summed E-state index contributed by atoms with van der Waals surface area (Å²) in [5.74, 6) is -2.03. The highest BCUT2D eigenvalue weighted by molar-refractivity contribution is 8.02. The van der Waals surface area contributed by atoms with Crippen molar-refractivity contribution in [2.24, 2.45) is 11.8 Å². The number of ether oxygens (including phenoxy) is 1. The first-order chi connectivity index (χ1) is 16.9. The van der Waals surface area contributed by atoms with Gasteiger partial charge in [-0.15, -0.1) is 11.8 Å². The van der Waals surface area contributed by atoms with Crippen LogP contribution >= 0.6 is 11.8 Å². The van der Waals surface area contributed by atoms with E-state index in [9.17, 15) is 19.5 Å². The molecule has 7 nitrogen and oxygen atoms in total. The molecule has 4 aliphatic rings. The van der Waals surface area contributed by atoms with Crippen LogP contribution in [0.1, 0.15) is 30.4 Å². The number of esters is 1. The second-order valence-electron chi connectivity index (χ2n) is 9.78. The van der Waals surface area contributed by atoms with Gasteiger partial charge in [0.1, 0.15) is 6.04 Å². The lowest BCUT2D eigenvalue weighted by Crippen LogP contribution is -2.53. The van der Waals surface area contributed by atoms with Gasteiger partial charge in [0.15, 0.2) is 0 Å². The molecule has 0 aliphatic carbocycles. The lowest BCUT2D eigenvalue weighted by atomic mass is 9.78. The van der Waals surface area contributed by atoms with Crippen molar-refractivity contribution >= 4 is 35.2 Å². The zero-order chi connectivity index (χ0) is 24.7. The predicted molar refractivity (Wildman–Crippen MR) is 135 cm³/mol. The predicted octanol–water partition coefficient (Wildman–Crippen LogP) is 2.78. The summed E-state index contributed by atoms with van der Waals surface area (Å²) in [6.07, 6.45) is 10.0. The van der Waals surface area contributed by atoms with Crippen molar-refractivity contribution in [3.63, 3.8) is 0 Å². The minimum absolute atomic E-state index is 0.0806. The van der Waals surface area contributed by atoms with Gasteiger partial charge in [-0.2, -0.15) is 0 Å². The second-order valence-corrected chi connectivity index (χ2v) is 11.3. The van der Waals surface area contributed by atoms with Crippen LogP contribution in [0, 0.1) is 25.7 Å². The molecule has 5 rings (SSSR count). The highest BCUT2D eigenvalue weighted by Crippen LogP contribution is 2.61. The number of cyclic esters (lactones) is 1. The molecule has 1 aromatic rings. The van der Waals surface area contributed by atoms with Crippen LogP contribution in [0.25, 0.3) is 0 Å². The summed E-state index contributed by atoms with van der Waals surface area (Å²) in [5.41, 5.74) is 2.85. The molecule has 35 heavy (non-hydrogen) atoms. The molecule has 1 N–H and O–H groups in total. The maximum atomic E-state index is 14.3. The van der Waals surface area contributed by atoms with E-state index >= 15 is 0 Å². The summed E-state index contributed by atoms with van der Waals surface area (Å²) in [5, 5.41) is 9.29. The van der Waals surface area contributed by atoms with E-state index in [1.54, 1.807) is 21.6 Å². The molecule has 2 saturated heterocycles. The lowest BCUT2D eigenvalue weighted by molar-refractivity contribution is -0.153. The minimum Gasteiger partial charge on any atom is -0.465 e. The smallest absolute Gasteiger partial charge is 0.311 e. The van der Waals surface area contributed by atoms with E-state index in [0.717, 1.165) is 29.7 Å². The number of carbonyl (C=O) groups excluding carboxylic acids is 3. The van der Waals surface area contributed by atoms with Crippen LogP contribution in [0.3, 0.4) is 0 Å². The number of hydrogen-bond acceptors (Lipinski definition) is 6. The Bertz CT molecular complexity index is 1080. The number of aryl methyl sites for hydroxylation is 2. The number of anilines is 1. The highest BCUT2D eigenvalue weighted by Gasteiger charge is 2.70. The van der Waals surface area contributed by atoms with Crippen molar-refractivity contribution in [2.45, 2.75) is 49.1 Å². The van der Waals surface area contributed by atoms with Gasteiger partial charge in [-0.25, -0.2) is 0 Å². The number of fused-ring (bicyclic) bond motifs is 2. The van der Waals surface area contributed by atoms with Crippen LogP contribution in [0.5, 0.6) is 0 Å². The van der Waals surface area contributed by atoms with E-state index in [-0.39, 0.29) is 36.2 Å². The average Bonchev–Trinajstić information content (AvgIpc) is 3.23. The zero-order valence-corrected chi connectivity index (χ0v) is 21.0. The monoisotopic (exact) mass is 496 g/mol. The maximum Gasteiger partial charge on any atom is 0.311 e. The van der Waals surface area contributed by atoms with E-state index < -0.39 is 22.6 Å². The Morgan fingerprint density at radius 2 is 1.91 bits per heavy atom. The molecule has 0 bridgehead atoms. The van der Waals surface area contributed by atoms with E-state index in [1.165, 1.54) is 0 Å². The van der Waals surface area contributed by atoms with Gasteiger partial charge in [-0.3, -0.25) is 14.4 Å². The number of nitrogens with zero attached hydrogens (tertiary/aromatic N) is 2. The standard InChI is InChI=1S/C27H32N2O5S/c1-17-9-6-10-18(2)22(17)28-13-7-12-27-21(24(31)29(14-8-15-30)23(27)25(28)32)20-19(35-27)11-4-3-5-16-34-26(20)33/h4,6-7,9-12,19-21,23,30H,3,5,8,13-16H2,1-2H3/b11-4-/t19-,20+,21-,23?,27-/m0/s1. The maximum absolute atomic E-state index is 14.3. The van der Waals surface area contributed by atoms with E-state index in [2.05, 4.69) is 6.08 Å². The molecule has 1 unspecified atom stereocenters. The number of allylic oxidation sites excluding steroid dienone is 1. The van der Waals surface area contributed by atoms with Gasteiger partial charge in [0.05, 0.1) is 23.2 Å². The molecule has 4 aliphatic heterocycles. The molecule has 1 spiro atoms. The minimum atomic E-state index is -0.868. The first-order valence-electron chi connectivity index (χ1n) is 12.4. The van der Waals surface area contributed by atoms with Crippen LogP contribution in [0.15, 0.2) is 42.5 Å². The number of para-hydroxylation sites is 1. The fraction of sp³-hybridized carbons (Fsp3) is 0.519. The number of likely N-dealkylation sites (tertiary alicyclic amines) is 1. The number of aliphatic hydroxyl groups excluding tert-OH is 1.